The number of aryl methyl sites for hydroxylation is 3. The molecule has 0 atom stereocenters. The number of methoxy groups -OCH3 is 1. The zero-order chi connectivity index (χ0) is 20.3. The molecule has 1 amide bonds. The van der Waals surface area contributed by atoms with Crippen molar-refractivity contribution >= 4 is 34.2 Å². The third-order valence-corrected chi connectivity index (χ3v) is 5.10. The van der Waals surface area contributed by atoms with Gasteiger partial charge in [-0.1, -0.05) is 30.7 Å². The van der Waals surface area contributed by atoms with Crippen molar-refractivity contribution in [2.45, 2.75) is 39.8 Å². The summed E-state index contributed by atoms with van der Waals surface area (Å²) in [5, 5.41) is 3.43. The van der Waals surface area contributed by atoms with Crippen LogP contribution in [0.1, 0.15) is 25.3 Å². The summed E-state index contributed by atoms with van der Waals surface area (Å²) in [5.74, 6) is 0.305. The fourth-order valence-electron chi connectivity index (χ4n) is 3.28. The SMILES string of the molecule is CCCn1c(=O)n(CCC(=O)Nc2cc(C)c(Cl)cc2OC)c2ccccc21. The molecule has 0 aliphatic rings. The van der Waals surface area contributed by atoms with E-state index in [2.05, 4.69) is 5.32 Å². The van der Waals surface area contributed by atoms with Crippen molar-refractivity contribution in [3.05, 3.63) is 57.5 Å². The highest BCUT2D eigenvalue weighted by molar-refractivity contribution is 6.31. The Morgan fingerprint density at radius 3 is 2.39 bits per heavy atom. The van der Waals surface area contributed by atoms with Crippen molar-refractivity contribution in [2.24, 2.45) is 0 Å². The Hall–Kier alpha value is -2.73. The Morgan fingerprint density at radius 1 is 1.14 bits per heavy atom. The van der Waals surface area contributed by atoms with Crippen LogP contribution >= 0.6 is 11.6 Å². The maximum atomic E-state index is 12.8. The van der Waals surface area contributed by atoms with E-state index in [1.807, 2.05) is 38.1 Å². The summed E-state index contributed by atoms with van der Waals surface area (Å²) < 4.78 is 8.72. The second-order valence-corrected chi connectivity index (χ2v) is 7.08. The molecule has 1 aromatic heterocycles. The van der Waals surface area contributed by atoms with Crippen molar-refractivity contribution < 1.29 is 9.53 Å². The molecule has 0 saturated carbocycles. The van der Waals surface area contributed by atoms with Crippen LogP contribution in [-0.2, 0) is 17.9 Å². The third-order valence-electron chi connectivity index (χ3n) is 4.69. The zero-order valence-corrected chi connectivity index (χ0v) is 17.0. The number of benzene rings is 2. The predicted octanol–water partition coefficient (Wildman–Crippen LogP) is 4.21. The van der Waals surface area contributed by atoms with Gasteiger partial charge in [-0.15, -0.1) is 0 Å². The van der Waals surface area contributed by atoms with Gasteiger partial charge in [0.15, 0.2) is 0 Å². The summed E-state index contributed by atoms with van der Waals surface area (Å²) in [4.78, 5) is 25.3. The summed E-state index contributed by atoms with van der Waals surface area (Å²) in [7, 11) is 1.53. The van der Waals surface area contributed by atoms with Crippen molar-refractivity contribution in [3.8, 4) is 5.75 Å². The maximum Gasteiger partial charge on any atom is 0.329 e. The fourth-order valence-corrected chi connectivity index (χ4v) is 3.44. The summed E-state index contributed by atoms with van der Waals surface area (Å²) in [6.45, 7) is 4.85. The van der Waals surface area contributed by atoms with E-state index in [9.17, 15) is 9.59 Å². The van der Waals surface area contributed by atoms with Gasteiger partial charge in [0.05, 0.1) is 23.8 Å². The second-order valence-electron chi connectivity index (χ2n) is 6.67. The highest BCUT2D eigenvalue weighted by Gasteiger charge is 2.15. The molecule has 0 saturated heterocycles. The van der Waals surface area contributed by atoms with E-state index in [0.29, 0.717) is 29.5 Å². The van der Waals surface area contributed by atoms with Gasteiger partial charge in [-0.25, -0.2) is 4.79 Å². The van der Waals surface area contributed by atoms with Crippen LogP contribution < -0.4 is 15.7 Å². The Labute approximate surface area is 168 Å². The molecular formula is C21H24ClN3O3. The van der Waals surface area contributed by atoms with E-state index in [1.165, 1.54) is 7.11 Å². The Morgan fingerprint density at radius 2 is 1.79 bits per heavy atom. The van der Waals surface area contributed by atoms with Crippen LogP contribution in [0.25, 0.3) is 11.0 Å². The lowest BCUT2D eigenvalue weighted by molar-refractivity contribution is -0.116. The van der Waals surface area contributed by atoms with E-state index < -0.39 is 0 Å². The first-order chi connectivity index (χ1) is 13.5. The van der Waals surface area contributed by atoms with Gasteiger partial charge in [-0.2, -0.15) is 0 Å². The first kappa shape index (κ1) is 20.0. The van der Waals surface area contributed by atoms with Crippen molar-refractivity contribution in [2.75, 3.05) is 12.4 Å². The third kappa shape index (κ3) is 3.92. The monoisotopic (exact) mass is 401 g/mol. The number of nitrogens with one attached hydrogen (secondary N) is 1. The van der Waals surface area contributed by atoms with Crippen LogP contribution in [0.4, 0.5) is 5.69 Å². The van der Waals surface area contributed by atoms with Gasteiger partial charge in [-0.3, -0.25) is 13.9 Å². The average molecular weight is 402 g/mol. The van der Waals surface area contributed by atoms with Gasteiger partial charge in [0.1, 0.15) is 5.75 Å². The smallest absolute Gasteiger partial charge is 0.329 e. The van der Waals surface area contributed by atoms with E-state index >= 15 is 0 Å². The molecule has 1 heterocycles. The number of carbonyl (C=O) groups excluding carboxylic acids is 1. The van der Waals surface area contributed by atoms with Gasteiger partial charge >= 0.3 is 5.69 Å². The first-order valence-corrected chi connectivity index (χ1v) is 9.66. The summed E-state index contributed by atoms with van der Waals surface area (Å²) in [5.41, 5.74) is 3.06. The number of halogens is 1. The lowest BCUT2D eigenvalue weighted by Crippen LogP contribution is -2.26. The number of amides is 1. The van der Waals surface area contributed by atoms with Crippen LogP contribution in [0.5, 0.6) is 5.75 Å². The molecule has 0 aliphatic heterocycles. The minimum Gasteiger partial charge on any atom is -0.495 e. The highest BCUT2D eigenvalue weighted by Crippen LogP contribution is 2.31. The normalized spacial score (nSPS) is 11.0. The lowest BCUT2D eigenvalue weighted by Gasteiger charge is -2.12. The number of fused-ring (bicyclic) bond motifs is 1. The molecule has 3 rings (SSSR count). The molecule has 6 nitrogen and oxygen atoms in total. The minimum absolute atomic E-state index is 0.0873. The fraction of sp³-hybridized carbons (Fsp3) is 0.333. The van der Waals surface area contributed by atoms with E-state index in [1.54, 1.807) is 21.3 Å². The molecule has 0 spiro atoms. The molecule has 1 N–H and O–H groups in total. The molecule has 7 heteroatoms. The molecule has 2 aromatic carbocycles. The molecule has 0 radical (unpaired) electrons. The van der Waals surface area contributed by atoms with Gasteiger partial charge in [-0.05, 0) is 37.1 Å². The minimum atomic E-state index is -0.195. The summed E-state index contributed by atoms with van der Waals surface area (Å²) in [6, 6.07) is 11.1. The van der Waals surface area contributed by atoms with Gasteiger partial charge in [0.2, 0.25) is 5.91 Å². The predicted molar refractivity (Wildman–Crippen MR) is 112 cm³/mol. The number of aromatic nitrogens is 2. The number of hydrogen-bond donors (Lipinski definition) is 1. The number of ether oxygens (including phenoxy) is 1. The number of nitrogens with zero attached hydrogens (tertiary/aromatic N) is 2. The number of imidazole rings is 1. The number of hydrogen-bond acceptors (Lipinski definition) is 3. The molecule has 148 valence electrons. The number of anilines is 1. The van der Waals surface area contributed by atoms with Crippen LogP contribution in [0.3, 0.4) is 0 Å². The van der Waals surface area contributed by atoms with E-state index in [4.69, 9.17) is 16.3 Å². The quantitative estimate of drug-likeness (QED) is 0.644. The largest absolute Gasteiger partial charge is 0.495 e. The van der Waals surface area contributed by atoms with Crippen LogP contribution in [0.2, 0.25) is 5.02 Å². The van der Waals surface area contributed by atoms with Gasteiger partial charge in [0, 0.05) is 30.6 Å². The molecule has 0 unspecified atom stereocenters. The average Bonchev–Trinajstić information content (AvgIpc) is 2.95. The molecule has 3 aromatic rings. The van der Waals surface area contributed by atoms with E-state index in [0.717, 1.165) is 23.0 Å². The molecule has 0 fully saturated rings. The standard InChI is InChI=1S/C21H24ClN3O3/c1-4-10-24-17-7-5-6-8-18(17)25(21(24)27)11-9-20(26)23-16-12-14(2)15(22)13-19(16)28-3/h5-8,12-13H,4,9-11H2,1-3H3,(H,23,26). The van der Waals surface area contributed by atoms with Crippen LogP contribution in [0, 0.1) is 6.92 Å². The van der Waals surface area contributed by atoms with Crippen molar-refractivity contribution in [1.82, 2.24) is 9.13 Å². The number of carbonyl (C=O) groups is 1. The molecule has 0 aliphatic carbocycles. The van der Waals surface area contributed by atoms with Gasteiger partial charge < -0.3 is 10.1 Å². The van der Waals surface area contributed by atoms with Crippen LogP contribution in [0.15, 0.2) is 41.2 Å². The summed E-state index contributed by atoms with van der Waals surface area (Å²) in [6.07, 6.45) is 1.04. The Kier molecular flexibility index (Phi) is 6.09. The lowest BCUT2D eigenvalue weighted by atomic mass is 10.2. The topological polar surface area (TPSA) is 65.3 Å². The van der Waals surface area contributed by atoms with Crippen molar-refractivity contribution in [3.63, 3.8) is 0 Å². The first-order valence-electron chi connectivity index (χ1n) is 9.28. The second kappa shape index (κ2) is 8.52. The molecule has 0 bridgehead atoms. The Balaban J connectivity index is 1.80. The highest BCUT2D eigenvalue weighted by atomic mass is 35.5. The van der Waals surface area contributed by atoms with Crippen molar-refractivity contribution in [1.29, 1.82) is 0 Å². The van der Waals surface area contributed by atoms with Crippen LogP contribution in [-0.4, -0.2) is 22.2 Å². The van der Waals surface area contributed by atoms with E-state index in [-0.39, 0.29) is 18.0 Å². The maximum absolute atomic E-state index is 12.8. The number of rotatable bonds is 7. The number of para-hydroxylation sites is 2. The zero-order valence-electron chi connectivity index (χ0n) is 16.3. The Bertz CT molecular complexity index is 1070. The summed E-state index contributed by atoms with van der Waals surface area (Å²) >= 11 is 6.11. The molecule has 28 heavy (non-hydrogen) atoms. The van der Waals surface area contributed by atoms with Gasteiger partial charge in [0.25, 0.3) is 0 Å². The molecular weight excluding hydrogens is 378 g/mol.